The first-order valence-corrected chi connectivity index (χ1v) is 6.88. The lowest BCUT2D eigenvalue weighted by Gasteiger charge is -2.35. The van der Waals surface area contributed by atoms with Crippen molar-refractivity contribution >= 4 is 11.6 Å². The van der Waals surface area contributed by atoms with Crippen LogP contribution >= 0.6 is 0 Å². The zero-order chi connectivity index (χ0) is 14.7. The molecule has 2 atom stereocenters. The number of morpholine rings is 1. The highest BCUT2D eigenvalue weighted by Crippen LogP contribution is 2.20. The standard InChI is InChI=1S/C15H22N2O3/c1-10-6-13(16)4-5-14(10)19-9-15(18)17-7-11(2)20-12(3)8-17/h4-6,11-12H,7-9,16H2,1-3H3. The lowest BCUT2D eigenvalue weighted by atomic mass is 10.2. The van der Waals surface area contributed by atoms with Gasteiger partial charge in [-0.15, -0.1) is 0 Å². The zero-order valence-electron chi connectivity index (χ0n) is 12.3. The van der Waals surface area contributed by atoms with Gasteiger partial charge in [0, 0.05) is 18.8 Å². The van der Waals surface area contributed by atoms with Crippen LogP contribution in [0.2, 0.25) is 0 Å². The van der Waals surface area contributed by atoms with Crippen LogP contribution in [0.4, 0.5) is 5.69 Å². The number of carbonyl (C=O) groups is 1. The van der Waals surface area contributed by atoms with Crippen LogP contribution in [0, 0.1) is 6.92 Å². The molecule has 0 aromatic heterocycles. The lowest BCUT2D eigenvalue weighted by Crippen LogP contribution is -2.49. The number of benzene rings is 1. The van der Waals surface area contributed by atoms with Gasteiger partial charge in [-0.3, -0.25) is 4.79 Å². The van der Waals surface area contributed by atoms with Crippen molar-refractivity contribution in [2.75, 3.05) is 25.4 Å². The number of carbonyl (C=O) groups excluding carboxylic acids is 1. The lowest BCUT2D eigenvalue weighted by molar-refractivity contribution is -0.145. The summed E-state index contributed by atoms with van der Waals surface area (Å²) >= 11 is 0. The number of anilines is 1. The molecule has 2 unspecified atom stereocenters. The van der Waals surface area contributed by atoms with Crippen LogP contribution < -0.4 is 10.5 Å². The van der Waals surface area contributed by atoms with Crippen LogP contribution in [-0.2, 0) is 9.53 Å². The molecule has 0 spiro atoms. The quantitative estimate of drug-likeness (QED) is 0.853. The first kappa shape index (κ1) is 14.7. The van der Waals surface area contributed by atoms with Gasteiger partial charge in [0.2, 0.25) is 0 Å². The largest absolute Gasteiger partial charge is 0.483 e. The predicted octanol–water partition coefficient (Wildman–Crippen LogP) is 1.59. The van der Waals surface area contributed by atoms with Crippen molar-refractivity contribution in [3.8, 4) is 5.75 Å². The molecule has 2 rings (SSSR count). The molecule has 20 heavy (non-hydrogen) atoms. The van der Waals surface area contributed by atoms with Crippen LogP contribution in [0.25, 0.3) is 0 Å². The summed E-state index contributed by atoms with van der Waals surface area (Å²) in [4.78, 5) is 14.0. The molecule has 1 saturated heterocycles. The fourth-order valence-corrected chi connectivity index (χ4v) is 2.45. The Morgan fingerprint density at radius 3 is 2.65 bits per heavy atom. The third-order valence-corrected chi connectivity index (χ3v) is 3.32. The number of amides is 1. The molecular weight excluding hydrogens is 256 g/mol. The highest BCUT2D eigenvalue weighted by molar-refractivity contribution is 5.78. The van der Waals surface area contributed by atoms with E-state index in [1.807, 2.05) is 26.8 Å². The fourth-order valence-electron chi connectivity index (χ4n) is 2.45. The molecule has 0 saturated carbocycles. The summed E-state index contributed by atoms with van der Waals surface area (Å²) in [6.45, 7) is 7.14. The summed E-state index contributed by atoms with van der Waals surface area (Å²) in [5.41, 5.74) is 7.31. The molecule has 1 aromatic rings. The van der Waals surface area contributed by atoms with E-state index in [1.165, 1.54) is 0 Å². The Bertz CT molecular complexity index is 480. The van der Waals surface area contributed by atoms with Crippen LogP contribution in [-0.4, -0.2) is 42.7 Å². The van der Waals surface area contributed by atoms with Crippen molar-refractivity contribution in [2.45, 2.75) is 33.0 Å². The molecule has 0 radical (unpaired) electrons. The fraction of sp³-hybridized carbons (Fsp3) is 0.533. The average molecular weight is 278 g/mol. The van der Waals surface area contributed by atoms with Gasteiger partial charge in [0.05, 0.1) is 12.2 Å². The molecule has 2 N–H and O–H groups in total. The molecule has 5 nitrogen and oxygen atoms in total. The number of nitrogens with zero attached hydrogens (tertiary/aromatic N) is 1. The van der Waals surface area contributed by atoms with E-state index in [4.69, 9.17) is 15.2 Å². The van der Waals surface area contributed by atoms with E-state index >= 15 is 0 Å². The van der Waals surface area contributed by atoms with E-state index < -0.39 is 0 Å². The smallest absolute Gasteiger partial charge is 0.260 e. The number of hydrogen-bond acceptors (Lipinski definition) is 4. The molecular formula is C15H22N2O3. The van der Waals surface area contributed by atoms with Gasteiger partial charge in [-0.25, -0.2) is 0 Å². The Hall–Kier alpha value is -1.75. The van der Waals surface area contributed by atoms with Crippen molar-refractivity contribution in [1.82, 2.24) is 4.90 Å². The van der Waals surface area contributed by atoms with Crippen LogP contribution in [0.5, 0.6) is 5.75 Å². The predicted molar refractivity (Wildman–Crippen MR) is 77.7 cm³/mol. The van der Waals surface area contributed by atoms with Gasteiger partial charge in [-0.1, -0.05) is 0 Å². The van der Waals surface area contributed by atoms with Gasteiger partial charge in [0.1, 0.15) is 5.75 Å². The Labute approximate surface area is 119 Å². The minimum atomic E-state index is -0.0109. The van der Waals surface area contributed by atoms with Crippen molar-refractivity contribution in [3.05, 3.63) is 23.8 Å². The van der Waals surface area contributed by atoms with E-state index in [0.717, 1.165) is 5.56 Å². The molecule has 1 heterocycles. The Kier molecular flexibility index (Phi) is 4.49. The third kappa shape index (κ3) is 3.63. The molecule has 1 aromatic carbocycles. The Morgan fingerprint density at radius 2 is 2.05 bits per heavy atom. The highest BCUT2D eigenvalue weighted by Gasteiger charge is 2.26. The van der Waals surface area contributed by atoms with Gasteiger partial charge in [-0.2, -0.15) is 0 Å². The molecule has 1 amide bonds. The SMILES string of the molecule is Cc1cc(N)ccc1OCC(=O)N1CC(C)OC(C)C1. The number of ether oxygens (including phenoxy) is 2. The number of hydrogen-bond donors (Lipinski definition) is 1. The minimum absolute atomic E-state index is 0.0109. The van der Waals surface area contributed by atoms with Crippen molar-refractivity contribution in [1.29, 1.82) is 0 Å². The van der Waals surface area contributed by atoms with Gasteiger partial charge in [0.25, 0.3) is 5.91 Å². The molecule has 5 heteroatoms. The molecule has 110 valence electrons. The summed E-state index contributed by atoms with van der Waals surface area (Å²) < 4.78 is 11.2. The molecule has 1 aliphatic rings. The highest BCUT2D eigenvalue weighted by atomic mass is 16.5. The number of nitrogen functional groups attached to an aromatic ring is 1. The van der Waals surface area contributed by atoms with E-state index in [-0.39, 0.29) is 24.7 Å². The third-order valence-electron chi connectivity index (χ3n) is 3.32. The van der Waals surface area contributed by atoms with E-state index in [0.29, 0.717) is 24.5 Å². The molecule has 0 bridgehead atoms. The maximum Gasteiger partial charge on any atom is 0.260 e. The Balaban J connectivity index is 1.91. The van der Waals surface area contributed by atoms with Crippen LogP contribution in [0.1, 0.15) is 19.4 Å². The summed E-state index contributed by atoms with van der Waals surface area (Å²) in [6, 6.07) is 5.40. The van der Waals surface area contributed by atoms with Gasteiger partial charge in [-0.05, 0) is 44.5 Å². The maximum atomic E-state index is 12.2. The molecule has 1 fully saturated rings. The number of nitrogens with two attached hydrogens (primary N) is 1. The first-order chi connectivity index (χ1) is 9.45. The second-order valence-electron chi connectivity index (χ2n) is 5.37. The van der Waals surface area contributed by atoms with E-state index in [2.05, 4.69) is 0 Å². The van der Waals surface area contributed by atoms with Gasteiger partial charge < -0.3 is 20.1 Å². The van der Waals surface area contributed by atoms with Crippen LogP contribution in [0.15, 0.2) is 18.2 Å². The molecule has 1 aliphatic heterocycles. The normalized spacial score (nSPS) is 22.6. The summed E-state index contributed by atoms with van der Waals surface area (Å²) in [5.74, 6) is 0.685. The summed E-state index contributed by atoms with van der Waals surface area (Å²) in [5, 5.41) is 0. The topological polar surface area (TPSA) is 64.8 Å². The van der Waals surface area contributed by atoms with E-state index in [1.54, 1.807) is 17.0 Å². The second kappa shape index (κ2) is 6.13. The summed E-state index contributed by atoms with van der Waals surface area (Å²) in [7, 11) is 0. The minimum Gasteiger partial charge on any atom is -0.483 e. The summed E-state index contributed by atoms with van der Waals surface area (Å²) in [6.07, 6.45) is 0.141. The van der Waals surface area contributed by atoms with Gasteiger partial charge in [0.15, 0.2) is 6.61 Å². The first-order valence-electron chi connectivity index (χ1n) is 6.88. The van der Waals surface area contributed by atoms with Gasteiger partial charge >= 0.3 is 0 Å². The molecule has 0 aliphatic carbocycles. The van der Waals surface area contributed by atoms with Crippen molar-refractivity contribution in [3.63, 3.8) is 0 Å². The number of rotatable bonds is 3. The van der Waals surface area contributed by atoms with E-state index in [9.17, 15) is 4.79 Å². The zero-order valence-corrected chi connectivity index (χ0v) is 12.3. The average Bonchev–Trinajstić information content (AvgIpc) is 2.36. The Morgan fingerprint density at radius 1 is 1.40 bits per heavy atom. The number of aryl methyl sites for hydroxylation is 1. The monoisotopic (exact) mass is 278 g/mol. The van der Waals surface area contributed by atoms with Crippen molar-refractivity contribution in [2.24, 2.45) is 0 Å². The van der Waals surface area contributed by atoms with Crippen molar-refractivity contribution < 1.29 is 14.3 Å². The maximum absolute atomic E-state index is 12.2. The van der Waals surface area contributed by atoms with Crippen LogP contribution in [0.3, 0.4) is 0 Å². The second-order valence-corrected chi connectivity index (χ2v) is 5.37.